The molecule has 3 atom stereocenters. The highest BCUT2D eigenvalue weighted by atomic mass is 16.6. The SMILES string of the molecule is O=C(O)CCC(=O)NC1CCC2OCCOC2C1. The predicted octanol–water partition coefficient (Wildman–Crippen LogP) is 0.304. The van der Waals surface area contributed by atoms with E-state index in [0.717, 1.165) is 19.3 Å². The molecule has 2 aliphatic rings. The third-order valence-electron chi connectivity index (χ3n) is 3.41. The molecule has 1 amide bonds. The zero-order valence-corrected chi connectivity index (χ0v) is 10.3. The van der Waals surface area contributed by atoms with Gasteiger partial charge in [0.25, 0.3) is 0 Å². The molecule has 1 saturated heterocycles. The average molecular weight is 257 g/mol. The molecule has 102 valence electrons. The second-order valence-electron chi connectivity index (χ2n) is 4.79. The van der Waals surface area contributed by atoms with Crippen LogP contribution in [0.4, 0.5) is 0 Å². The van der Waals surface area contributed by atoms with E-state index in [2.05, 4.69) is 5.32 Å². The summed E-state index contributed by atoms with van der Waals surface area (Å²) in [6.07, 6.45) is 2.64. The van der Waals surface area contributed by atoms with Crippen LogP contribution in [0, 0.1) is 0 Å². The van der Waals surface area contributed by atoms with E-state index in [1.165, 1.54) is 0 Å². The number of aliphatic carboxylic acids is 1. The Kier molecular flexibility index (Phi) is 4.54. The quantitative estimate of drug-likeness (QED) is 0.757. The Labute approximate surface area is 106 Å². The summed E-state index contributed by atoms with van der Waals surface area (Å²) in [5, 5.41) is 11.4. The lowest BCUT2D eigenvalue weighted by molar-refractivity contribution is -0.158. The van der Waals surface area contributed by atoms with Crippen LogP contribution in [-0.4, -0.2) is 48.4 Å². The number of hydrogen-bond acceptors (Lipinski definition) is 4. The van der Waals surface area contributed by atoms with Crippen LogP contribution >= 0.6 is 0 Å². The number of rotatable bonds is 4. The van der Waals surface area contributed by atoms with E-state index in [1.807, 2.05) is 0 Å². The highest BCUT2D eigenvalue weighted by Crippen LogP contribution is 2.26. The summed E-state index contributed by atoms with van der Waals surface area (Å²) in [5.74, 6) is -1.14. The van der Waals surface area contributed by atoms with Crippen LogP contribution in [0.5, 0.6) is 0 Å². The summed E-state index contributed by atoms with van der Waals surface area (Å²) in [6.45, 7) is 1.26. The van der Waals surface area contributed by atoms with Crippen molar-refractivity contribution in [1.82, 2.24) is 5.32 Å². The number of ether oxygens (including phenoxy) is 2. The third-order valence-corrected chi connectivity index (χ3v) is 3.41. The van der Waals surface area contributed by atoms with Gasteiger partial charge < -0.3 is 19.9 Å². The Hall–Kier alpha value is -1.14. The van der Waals surface area contributed by atoms with E-state index in [1.54, 1.807) is 0 Å². The van der Waals surface area contributed by atoms with Gasteiger partial charge in [-0.25, -0.2) is 0 Å². The summed E-state index contributed by atoms with van der Waals surface area (Å²) < 4.78 is 11.2. The van der Waals surface area contributed by atoms with E-state index in [4.69, 9.17) is 14.6 Å². The lowest BCUT2D eigenvalue weighted by Crippen LogP contribution is -2.49. The van der Waals surface area contributed by atoms with Crippen molar-refractivity contribution in [2.45, 2.75) is 50.4 Å². The van der Waals surface area contributed by atoms with Crippen LogP contribution in [0.3, 0.4) is 0 Å². The molecule has 6 heteroatoms. The van der Waals surface area contributed by atoms with Gasteiger partial charge in [0.15, 0.2) is 0 Å². The van der Waals surface area contributed by atoms with E-state index >= 15 is 0 Å². The number of carboxylic acid groups (broad SMARTS) is 1. The highest BCUT2D eigenvalue weighted by Gasteiger charge is 2.34. The van der Waals surface area contributed by atoms with Gasteiger partial charge in [-0.3, -0.25) is 9.59 Å². The zero-order chi connectivity index (χ0) is 13.0. The molecule has 0 aromatic carbocycles. The van der Waals surface area contributed by atoms with Crippen molar-refractivity contribution >= 4 is 11.9 Å². The number of carbonyl (C=O) groups excluding carboxylic acids is 1. The molecule has 1 aliphatic carbocycles. The zero-order valence-electron chi connectivity index (χ0n) is 10.3. The maximum Gasteiger partial charge on any atom is 0.303 e. The largest absolute Gasteiger partial charge is 0.481 e. The molecule has 1 heterocycles. The van der Waals surface area contributed by atoms with Gasteiger partial charge in [-0.05, 0) is 19.3 Å². The Bertz CT molecular complexity index is 320. The van der Waals surface area contributed by atoms with Gasteiger partial charge in [-0.2, -0.15) is 0 Å². The minimum atomic E-state index is -0.946. The number of carboxylic acids is 1. The number of carbonyl (C=O) groups is 2. The molecule has 6 nitrogen and oxygen atoms in total. The van der Waals surface area contributed by atoms with Crippen LogP contribution < -0.4 is 5.32 Å². The first kappa shape index (κ1) is 13.3. The van der Waals surface area contributed by atoms with E-state index < -0.39 is 5.97 Å². The summed E-state index contributed by atoms with van der Waals surface area (Å²) in [6, 6.07) is 0.0780. The fourth-order valence-electron chi connectivity index (χ4n) is 2.52. The minimum absolute atomic E-state index is 0.0390. The Balaban J connectivity index is 1.73. The number of nitrogens with one attached hydrogen (secondary N) is 1. The van der Waals surface area contributed by atoms with Gasteiger partial charge in [0.2, 0.25) is 5.91 Å². The van der Waals surface area contributed by atoms with Crippen molar-refractivity contribution in [3.63, 3.8) is 0 Å². The van der Waals surface area contributed by atoms with Crippen LogP contribution in [0.15, 0.2) is 0 Å². The fourth-order valence-corrected chi connectivity index (χ4v) is 2.52. The summed E-state index contributed by atoms with van der Waals surface area (Å²) in [4.78, 5) is 21.9. The smallest absolute Gasteiger partial charge is 0.303 e. The predicted molar refractivity (Wildman–Crippen MR) is 62.1 cm³/mol. The number of fused-ring (bicyclic) bond motifs is 1. The van der Waals surface area contributed by atoms with Crippen LogP contribution in [0.2, 0.25) is 0 Å². The molecule has 2 N–H and O–H groups in total. The summed E-state index contributed by atoms with van der Waals surface area (Å²) >= 11 is 0. The summed E-state index contributed by atoms with van der Waals surface area (Å²) in [5.41, 5.74) is 0. The molecular formula is C12H19NO5. The van der Waals surface area contributed by atoms with E-state index in [9.17, 15) is 9.59 Å². The number of hydrogen-bond donors (Lipinski definition) is 2. The molecule has 0 bridgehead atoms. The van der Waals surface area contributed by atoms with E-state index in [0.29, 0.717) is 13.2 Å². The second-order valence-corrected chi connectivity index (χ2v) is 4.79. The molecule has 0 aromatic heterocycles. The van der Waals surface area contributed by atoms with Crippen molar-refractivity contribution in [2.75, 3.05) is 13.2 Å². The Morgan fingerprint density at radius 1 is 1.11 bits per heavy atom. The molecule has 1 aliphatic heterocycles. The molecule has 0 aromatic rings. The molecule has 1 saturated carbocycles. The average Bonchev–Trinajstić information content (AvgIpc) is 2.36. The van der Waals surface area contributed by atoms with Crippen molar-refractivity contribution in [3.8, 4) is 0 Å². The minimum Gasteiger partial charge on any atom is -0.481 e. The first-order valence-electron chi connectivity index (χ1n) is 6.39. The topological polar surface area (TPSA) is 84.9 Å². The third kappa shape index (κ3) is 3.68. The van der Waals surface area contributed by atoms with Crippen LogP contribution in [-0.2, 0) is 19.1 Å². The van der Waals surface area contributed by atoms with Gasteiger partial charge in [-0.15, -0.1) is 0 Å². The lowest BCUT2D eigenvalue weighted by Gasteiger charge is -2.39. The molecule has 2 fully saturated rings. The Morgan fingerprint density at radius 2 is 1.83 bits per heavy atom. The maximum absolute atomic E-state index is 11.5. The standard InChI is InChI=1S/C12H19NO5/c14-11(3-4-12(15)16)13-8-1-2-9-10(7-8)18-6-5-17-9/h8-10H,1-7H2,(H,13,14)(H,15,16). The van der Waals surface area contributed by atoms with Crippen molar-refractivity contribution in [1.29, 1.82) is 0 Å². The van der Waals surface area contributed by atoms with Crippen LogP contribution in [0.1, 0.15) is 32.1 Å². The lowest BCUT2D eigenvalue weighted by atomic mass is 9.89. The van der Waals surface area contributed by atoms with Crippen molar-refractivity contribution in [2.24, 2.45) is 0 Å². The normalized spacial score (nSPS) is 31.4. The highest BCUT2D eigenvalue weighted by molar-refractivity contribution is 5.80. The fraction of sp³-hybridized carbons (Fsp3) is 0.833. The van der Waals surface area contributed by atoms with Gasteiger partial charge in [0.05, 0.1) is 31.8 Å². The van der Waals surface area contributed by atoms with E-state index in [-0.39, 0.29) is 37.0 Å². The summed E-state index contributed by atoms with van der Waals surface area (Å²) in [7, 11) is 0. The van der Waals surface area contributed by atoms with Gasteiger partial charge in [0, 0.05) is 12.5 Å². The first-order valence-corrected chi connectivity index (χ1v) is 6.39. The van der Waals surface area contributed by atoms with Gasteiger partial charge in [0.1, 0.15) is 0 Å². The first-order chi connectivity index (χ1) is 8.65. The molecule has 3 unspecified atom stereocenters. The van der Waals surface area contributed by atoms with Crippen molar-refractivity contribution in [3.05, 3.63) is 0 Å². The van der Waals surface area contributed by atoms with Gasteiger partial charge in [-0.1, -0.05) is 0 Å². The second kappa shape index (κ2) is 6.15. The maximum atomic E-state index is 11.5. The number of amides is 1. The molecular weight excluding hydrogens is 238 g/mol. The van der Waals surface area contributed by atoms with Crippen LogP contribution in [0.25, 0.3) is 0 Å². The molecule has 18 heavy (non-hydrogen) atoms. The Morgan fingerprint density at radius 3 is 2.56 bits per heavy atom. The molecule has 0 radical (unpaired) electrons. The monoisotopic (exact) mass is 257 g/mol. The van der Waals surface area contributed by atoms with Gasteiger partial charge >= 0.3 is 5.97 Å². The molecule has 0 spiro atoms. The molecule has 2 rings (SSSR count). The van der Waals surface area contributed by atoms with Crippen molar-refractivity contribution < 1.29 is 24.2 Å².